The van der Waals surface area contributed by atoms with E-state index < -0.39 is 11.6 Å². The summed E-state index contributed by atoms with van der Waals surface area (Å²) in [6, 6.07) is 14.8. The standard InChI is InChI=1S/C32H43ClN4O4/c1-22(2)28(30(39)36-15-13-24(14-16-36)23-9-11-26(33)12-10-23)34-29(38)25-7-6-8-27(21-25)35-17-19-37(20-18-35)31(40)41-32(3,4)5/h6-12,21-22,24,28H,13-20H2,1-5H3,(H,34,38)/t28-/m1/s1. The van der Waals surface area contributed by atoms with Gasteiger partial charge >= 0.3 is 6.09 Å². The predicted molar refractivity (Wildman–Crippen MR) is 163 cm³/mol. The first-order chi connectivity index (χ1) is 19.4. The van der Waals surface area contributed by atoms with Gasteiger partial charge in [0, 0.05) is 55.5 Å². The number of likely N-dealkylation sites (tertiary alicyclic amines) is 1. The topological polar surface area (TPSA) is 82.2 Å². The van der Waals surface area contributed by atoms with Crippen molar-refractivity contribution in [1.29, 1.82) is 0 Å². The lowest BCUT2D eigenvalue weighted by Crippen LogP contribution is -2.53. The molecule has 3 amide bonds. The zero-order valence-corrected chi connectivity index (χ0v) is 25.6. The smallest absolute Gasteiger partial charge is 0.410 e. The molecule has 2 aliphatic rings. The Labute approximate surface area is 249 Å². The SMILES string of the molecule is CC(C)[C@@H](NC(=O)c1cccc(N2CCN(C(=O)OC(C)(C)C)CC2)c1)C(=O)N1CCC(c2ccc(Cl)cc2)CC1. The van der Waals surface area contributed by atoms with E-state index >= 15 is 0 Å². The van der Waals surface area contributed by atoms with Crippen LogP contribution in [0.3, 0.4) is 0 Å². The fourth-order valence-electron chi connectivity index (χ4n) is 5.42. The van der Waals surface area contributed by atoms with Gasteiger partial charge in [0.15, 0.2) is 0 Å². The summed E-state index contributed by atoms with van der Waals surface area (Å²) in [4.78, 5) is 45.0. The summed E-state index contributed by atoms with van der Waals surface area (Å²) in [6.07, 6.45) is 1.47. The van der Waals surface area contributed by atoms with Gasteiger partial charge in [-0.25, -0.2) is 4.79 Å². The molecular weight excluding hydrogens is 540 g/mol. The Morgan fingerprint density at radius 1 is 0.902 bits per heavy atom. The van der Waals surface area contributed by atoms with E-state index in [0.29, 0.717) is 50.7 Å². The highest BCUT2D eigenvalue weighted by atomic mass is 35.5. The van der Waals surface area contributed by atoms with Crippen molar-refractivity contribution in [3.63, 3.8) is 0 Å². The zero-order valence-electron chi connectivity index (χ0n) is 24.9. The normalized spacial score (nSPS) is 17.4. The molecule has 2 aliphatic heterocycles. The highest BCUT2D eigenvalue weighted by Gasteiger charge is 2.32. The number of amides is 3. The zero-order chi connectivity index (χ0) is 29.7. The molecule has 0 spiro atoms. The maximum atomic E-state index is 13.5. The number of nitrogens with one attached hydrogen (secondary N) is 1. The largest absolute Gasteiger partial charge is 0.444 e. The Morgan fingerprint density at radius 2 is 1.54 bits per heavy atom. The second kappa shape index (κ2) is 13.1. The number of carbonyl (C=O) groups excluding carboxylic acids is 3. The van der Waals surface area contributed by atoms with Crippen LogP contribution in [0.15, 0.2) is 48.5 Å². The number of carbonyl (C=O) groups is 3. The summed E-state index contributed by atoms with van der Waals surface area (Å²) in [5.41, 5.74) is 2.15. The first-order valence-corrected chi connectivity index (χ1v) is 15.0. The number of hydrogen-bond donors (Lipinski definition) is 1. The molecule has 1 atom stereocenters. The molecule has 0 unspecified atom stereocenters. The number of hydrogen-bond acceptors (Lipinski definition) is 5. The Bertz CT molecular complexity index is 1210. The highest BCUT2D eigenvalue weighted by molar-refractivity contribution is 6.30. The van der Waals surface area contributed by atoms with E-state index in [0.717, 1.165) is 23.6 Å². The van der Waals surface area contributed by atoms with Crippen LogP contribution in [-0.2, 0) is 9.53 Å². The van der Waals surface area contributed by atoms with Gasteiger partial charge in [0.1, 0.15) is 11.6 Å². The highest BCUT2D eigenvalue weighted by Crippen LogP contribution is 2.29. The van der Waals surface area contributed by atoms with E-state index in [1.807, 2.05) is 69.9 Å². The van der Waals surface area contributed by atoms with Crippen molar-refractivity contribution in [3.8, 4) is 0 Å². The van der Waals surface area contributed by atoms with E-state index in [1.54, 1.807) is 11.0 Å². The summed E-state index contributed by atoms with van der Waals surface area (Å²) in [6.45, 7) is 13.2. The maximum Gasteiger partial charge on any atom is 0.410 e. The van der Waals surface area contributed by atoms with Crippen molar-refractivity contribution >= 4 is 35.2 Å². The fraction of sp³-hybridized carbons (Fsp3) is 0.531. The third-order valence-corrected chi connectivity index (χ3v) is 8.02. The first kappa shape index (κ1) is 30.7. The van der Waals surface area contributed by atoms with Gasteiger partial charge in [-0.2, -0.15) is 0 Å². The summed E-state index contributed by atoms with van der Waals surface area (Å²) >= 11 is 6.04. The second-order valence-electron chi connectivity index (χ2n) is 12.4. The lowest BCUT2D eigenvalue weighted by Gasteiger charge is -2.37. The molecule has 41 heavy (non-hydrogen) atoms. The van der Waals surface area contributed by atoms with E-state index in [4.69, 9.17) is 16.3 Å². The molecule has 0 radical (unpaired) electrons. The van der Waals surface area contributed by atoms with E-state index in [1.165, 1.54) is 5.56 Å². The van der Waals surface area contributed by atoms with Gasteiger partial charge in [-0.3, -0.25) is 9.59 Å². The van der Waals surface area contributed by atoms with Gasteiger partial charge in [0.05, 0.1) is 0 Å². The van der Waals surface area contributed by atoms with Crippen molar-refractivity contribution in [1.82, 2.24) is 15.1 Å². The van der Waals surface area contributed by atoms with Crippen molar-refractivity contribution in [3.05, 3.63) is 64.7 Å². The van der Waals surface area contributed by atoms with Crippen LogP contribution >= 0.6 is 11.6 Å². The number of piperazine rings is 1. The Balaban J connectivity index is 1.33. The predicted octanol–water partition coefficient (Wildman–Crippen LogP) is 5.56. The van der Waals surface area contributed by atoms with Crippen LogP contribution in [0.1, 0.15) is 69.3 Å². The number of benzene rings is 2. The lowest BCUT2D eigenvalue weighted by atomic mass is 9.89. The molecule has 2 fully saturated rings. The number of ether oxygens (including phenoxy) is 1. The summed E-state index contributed by atoms with van der Waals surface area (Å²) in [5, 5.41) is 3.75. The van der Waals surface area contributed by atoms with E-state index in [-0.39, 0.29) is 23.8 Å². The van der Waals surface area contributed by atoms with E-state index in [2.05, 4.69) is 22.3 Å². The fourth-order valence-corrected chi connectivity index (χ4v) is 5.55. The molecular formula is C32H43ClN4O4. The minimum atomic E-state index is -0.601. The maximum absolute atomic E-state index is 13.5. The van der Waals surface area contributed by atoms with Crippen LogP contribution in [-0.4, -0.2) is 78.6 Å². The molecule has 8 nitrogen and oxygen atoms in total. The van der Waals surface area contributed by atoms with Crippen LogP contribution in [0.5, 0.6) is 0 Å². The first-order valence-electron chi connectivity index (χ1n) is 14.6. The quantitative estimate of drug-likeness (QED) is 0.482. The molecule has 0 saturated carbocycles. The van der Waals surface area contributed by atoms with Crippen molar-refractivity contribution in [2.45, 2.75) is 65.0 Å². The van der Waals surface area contributed by atoms with Crippen molar-refractivity contribution in [2.75, 3.05) is 44.2 Å². The van der Waals surface area contributed by atoms with Gasteiger partial charge in [0.25, 0.3) is 5.91 Å². The molecule has 1 N–H and O–H groups in total. The summed E-state index contributed by atoms with van der Waals surface area (Å²) in [5.74, 6) is 0.0568. The van der Waals surface area contributed by atoms with Gasteiger partial charge in [-0.1, -0.05) is 43.6 Å². The Morgan fingerprint density at radius 3 is 2.12 bits per heavy atom. The molecule has 222 valence electrons. The average Bonchev–Trinajstić information content (AvgIpc) is 2.95. The van der Waals surface area contributed by atoms with Gasteiger partial charge in [0.2, 0.25) is 5.91 Å². The van der Waals surface area contributed by atoms with Crippen molar-refractivity contribution in [2.24, 2.45) is 5.92 Å². The molecule has 2 aromatic rings. The molecule has 2 aromatic carbocycles. The van der Waals surface area contributed by atoms with Crippen molar-refractivity contribution < 1.29 is 19.1 Å². The Kier molecular flexibility index (Phi) is 9.84. The van der Waals surface area contributed by atoms with Crippen LogP contribution in [0.2, 0.25) is 5.02 Å². The summed E-state index contributed by atoms with van der Waals surface area (Å²) in [7, 11) is 0. The molecule has 0 aliphatic carbocycles. The van der Waals surface area contributed by atoms with Gasteiger partial charge in [-0.15, -0.1) is 0 Å². The summed E-state index contributed by atoms with van der Waals surface area (Å²) < 4.78 is 5.50. The van der Waals surface area contributed by atoms with Crippen LogP contribution in [0.4, 0.5) is 10.5 Å². The number of piperidine rings is 1. The van der Waals surface area contributed by atoms with E-state index in [9.17, 15) is 14.4 Å². The molecule has 2 heterocycles. The lowest BCUT2D eigenvalue weighted by molar-refractivity contribution is -0.135. The minimum absolute atomic E-state index is 0.0303. The minimum Gasteiger partial charge on any atom is -0.444 e. The molecule has 9 heteroatoms. The van der Waals surface area contributed by atoms with Crippen LogP contribution in [0, 0.1) is 5.92 Å². The molecule has 4 rings (SSSR count). The monoisotopic (exact) mass is 582 g/mol. The molecule has 2 saturated heterocycles. The third-order valence-electron chi connectivity index (χ3n) is 7.77. The number of anilines is 1. The third kappa shape index (κ3) is 8.15. The molecule has 0 bridgehead atoms. The van der Waals surface area contributed by atoms with Crippen LogP contribution in [0.25, 0.3) is 0 Å². The van der Waals surface area contributed by atoms with Gasteiger partial charge < -0.3 is 24.8 Å². The molecule has 0 aromatic heterocycles. The number of nitrogens with zero attached hydrogens (tertiary/aromatic N) is 3. The number of rotatable bonds is 6. The second-order valence-corrected chi connectivity index (χ2v) is 12.8. The Hall–Kier alpha value is -3.26. The van der Waals surface area contributed by atoms with Crippen LogP contribution < -0.4 is 10.2 Å². The van der Waals surface area contributed by atoms with Gasteiger partial charge in [-0.05, 0) is 81.3 Å². The number of halogens is 1. The average molecular weight is 583 g/mol.